The molecule has 28 heavy (non-hydrogen) atoms. The Bertz CT molecular complexity index is 797. The maximum Gasteiger partial charge on any atom is 0.274 e. The van der Waals surface area contributed by atoms with Crippen LogP contribution in [0.1, 0.15) is 36.2 Å². The fourth-order valence-electron chi connectivity index (χ4n) is 3.91. The van der Waals surface area contributed by atoms with Gasteiger partial charge in [-0.1, -0.05) is 25.0 Å². The lowest BCUT2D eigenvalue weighted by molar-refractivity contribution is 0.102. The summed E-state index contributed by atoms with van der Waals surface area (Å²) in [7, 11) is 0. The van der Waals surface area contributed by atoms with Crippen LogP contribution in [-0.4, -0.2) is 50.3 Å². The van der Waals surface area contributed by atoms with Crippen molar-refractivity contribution in [3.63, 3.8) is 0 Å². The second-order valence-corrected chi connectivity index (χ2v) is 7.37. The molecule has 0 aliphatic carbocycles. The summed E-state index contributed by atoms with van der Waals surface area (Å²) in [5, 5.41) is 3.06. The molecule has 2 saturated heterocycles. The third-order valence-electron chi connectivity index (χ3n) is 5.45. The first kappa shape index (κ1) is 18.7. The Morgan fingerprint density at radius 1 is 0.929 bits per heavy atom. The molecular weight excluding hydrogens is 352 g/mol. The van der Waals surface area contributed by atoms with Gasteiger partial charge in [-0.15, -0.1) is 0 Å². The summed E-state index contributed by atoms with van der Waals surface area (Å²) in [5.74, 6) is -0.169. The van der Waals surface area contributed by atoms with Crippen LogP contribution in [0.2, 0.25) is 0 Å². The summed E-state index contributed by atoms with van der Waals surface area (Å²) in [6.07, 6.45) is 6.72. The Morgan fingerprint density at radius 3 is 2.46 bits per heavy atom. The minimum absolute atomic E-state index is 0.169. The molecule has 2 aliphatic rings. The van der Waals surface area contributed by atoms with E-state index in [1.165, 1.54) is 25.7 Å². The number of rotatable bonds is 4. The van der Waals surface area contributed by atoms with Gasteiger partial charge in [0.05, 0.1) is 24.6 Å². The molecule has 1 amide bonds. The molecule has 1 aromatic heterocycles. The Morgan fingerprint density at radius 2 is 1.68 bits per heavy atom. The van der Waals surface area contributed by atoms with Gasteiger partial charge >= 0.3 is 0 Å². The van der Waals surface area contributed by atoms with E-state index in [0.717, 1.165) is 43.2 Å². The Kier molecular flexibility index (Phi) is 6.07. The summed E-state index contributed by atoms with van der Waals surface area (Å²) in [4.78, 5) is 21.9. The highest BCUT2D eigenvalue weighted by Crippen LogP contribution is 2.27. The van der Waals surface area contributed by atoms with Gasteiger partial charge in [0.2, 0.25) is 0 Å². The van der Waals surface area contributed by atoms with E-state index in [-0.39, 0.29) is 5.91 Å². The number of hydrogen-bond donors (Lipinski definition) is 1. The highest BCUT2D eigenvalue weighted by atomic mass is 16.5. The summed E-state index contributed by atoms with van der Waals surface area (Å²) in [6, 6.07) is 11.9. The van der Waals surface area contributed by atoms with Crippen molar-refractivity contribution in [2.24, 2.45) is 0 Å². The van der Waals surface area contributed by atoms with Crippen LogP contribution >= 0.6 is 0 Å². The van der Waals surface area contributed by atoms with Crippen molar-refractivity contribution in [2.45, 2.75) is 25.7 Å². The number of nitrogens with one attached hydrogen (secondary N) is 1. The molecule has 2 fully saturated rings. The molecule has 0 saturated carbocycles. The van der Waals surface area contributed by atoms with Crippen LogP contribution in [0.15, 0.2) is 42.6 Å². The van der Waals surface area contributed by atoms with Crippen LogP contribution in [0, 0.1) is 0 Å². The summed E-state index contributed by atoms with van der Waals surface area (Å²) in [5.41, 5.74) is 3.39. The van der Waals surface area contributed by atoms with Crippen molar-refractivity contribution in [3.05, 3.63) is 48.3 Å². The van der Waals surface area contributed by atoms with Crippen molar-refractivity contribution < 1.29 is 9.53 Å². The Balaban J connectivity index is 1.50. The number of carbonyl (C=O) groups excluding carboxylic acids is 1. The van der Waals surface area contributed by atoms with E-state index in [4.69, 9.17) is 4.74 Å². The number of para-hydroxylation sites is 2. The number of anilines is 3. The average molecular weight is 380 g/mol. The summed E-state index contributed by atoms with van der Waals surface area (Å²) < 4.78 is 5.45. The smallest absolute Gasteiger partial charge is 0.274 e. The quantitative estimate of drug-likeness (QED) is 0.879. The van der Waals surface area contributed by atoms with Gasteiger partial charge in [-0.05, 0) is 37.1 Å². The van der Waals surface area contributed by atoms with Crippen LogP contribution in [0.4, 0.5) is 17.1 Å². The second-order valence-electron chi connectivity index (χ2n) is 7.37. The molecule has 0 bridgehead atoms. The lowest BCUT2D eigenvalue weighted by Gasteiger charge is -2.30. The molecule has 1 aromatic carbocycles. The largest absolute Gasteiger partial charge is 0.378 e. The van der Waals surface area contributed by atoms with E-state index in [0.29, 0.717) is 18.9 Å². The first-order valence-corrected chi connectivity index (χ1v) is 10.3. The third-order valence-corrected chi connectivity index (χ3v) is 5.45. The van der Waals surface area contributed by atoms with E-state index < -0.39 is 0 Å². The predicted octanol–water partition coefficient (Wildman–Crippen LogP) is 3.55. The van der Waals surface area contributed by atoms with Crippen molar-refractivity contribution in [1.82, 2.24) is 4.98 Å². The molecule has 6 nitrogen and oxygen atoms in total. The van der Waals surface area contributed by atoms with Gasteiger partial charge in [0, 0.05) is 38.1 Å². The Labute approximate surface area is 166 Å². The van der Waals surface area contributed by atoms with E-state index in [9.17, 15) is 4.79 Å². The molecular formula is C22H28N4O2. The van der Waals surface area contributed by atoms with Gasteiger partial charge in [-0.2, -0.15) is 0 Å². The number of morpholine rings is 1. The van der Waals surface area contributed by atoms with Crippen molar-refractivity contribution in [3.8, 4) is 0 Å². The SMILES string of the molecule is O=C(Nc1ccccc1N1CCOCC1)c1cc(N2CCCCCC2)ccn1. The topological polar surface area (TPSA) is 57.7 Å². The summed E-state index contributed by atoms with van der Waals surface area (Å²) in [6.45, 7) is 5.17. The average Bonchev–Trinajstić information content (AvgIpc) is 3.04. The summed E-state index contributed by atoms with van der Waals surface area (Å²) >= 11 is 0. The van der Waals surface area contributed by atoms with Crippen molar-refractivity contribution >= 4 is 23.0 Å². The number of amides is 1. The van der Waals surface area contributed by atoms with Gasteiger partial charge in [-0.25, -0.2) is 0 Å². The van der Waals surface area contributed by atoms with E-state index in [2.05, 4.69) is 20.1 Å². The number of benzene rings is 1. The molecule has 0 unspecified atom stereocenters. The maximum absolute atomic E-state index is 12.9. The minimum Gasteiger partial charge on any atom is -0.378 e. The minimum atomic E-state index is -0.169. The third kappa shape index (κ3) is 4.44. The fraction of sp³-hybridized carbons (Fsp3) is 0.455. The zero-order chi connectivity index (χ0) is 19.2. The Hall–Kier alpha value is -2.60. The van der Waals surface area contributed by atoms with E-state index in [1.54, 1.807) is 6.20 Å². The molecule has 2 aliphatic heterocycles. The zero-order valence-corrected chi connectivity index (χ0v) is 16.3. The molecule has 0 atom stereocenters. The number of ether oxygens (including phenoxy) is 1. The van der Waals surface area contributed by atoms with Crippen LogP contribution in [0.25, 0.3) is 0 Å². The fourth-order valence-corrected chi connectivity index (χ4v) is 3.91. The number of hydrogen-bond acceptors (Lipinski definition) is 5. The number of aromatic nitrogens is 1. The van der Waals surface area contributed by atoms with Crippen molar-refractivity contribution in [1.29, 1.82) is 0 Å². The normalized spacial score (nSPS) is 17.9. The molecule has 6 heteroatoms. The number of pyridine rings is 1. The van der Waals surface area contributed by atoms with Gasteiger partial charge in [-0.3, -0.25) is 9.78 Å². The molecule has 0 spiro atoms. The first-order chi connectivity index (χ1) is 13.8. The highest BCUT2D eigenvalue weighted by Gasteiger charge is 2.18. The van der Waals surface area contributed by atoms with Crippen LogP contribution in [-0.2, 0) is 4.74 Å². The zero-order valence-electron chi connectivity index (χ0n) is 16.3. The first-order valence-electron chi connectivity index (χ1n) is 10.3. The van der Waals surface area contributed by atoms with Crippen LogP contribution < -0.4 is 15.1 Å². The molecule has 2 aromatic rings. The van der Waals surface area contributed by atoms with Crippen LogP contribution in [0.5, 0.6) is 0 Å². The maximum atomic E-state index is 12.9. The second kappa shape index (κ2) is 9.06. The highest BCUT2D eigenvalue weighted by molar-refractivity contribution is 6.05. The molecule has 4 rings (SSSR count). The van der Waals surface area contributed by atoms with Crippen LogP contribution in [0.3, 0.4) is 0 Å². The molecule has 3 heterocycles. The standard InChI is InChI=1S/C22H28N4O2/c27-22(20-17-18(9-10-23-20)25-11-5-1-2-6-12-25)24-19-7-3-4-8-21(19)26-13-15-28-16-14-26/h3-4,7-10,17H,1-2,5-6,11-16H2,(H,24,27). The monoisotopic (exact) mass is 380 g/mol. The predicted molar refractivity (Wildman–Crippen MR) is 112 cm³/mol. The van der Waals surface area contributed by atoms with Gasteiger partial charge in [0.15, 0.2) is 0 Å². The van der Waals surface area contributed by atoms with E-state index >= 15 is 0 Å². The lowest BCUT2D eigenvalue weighted by Crippen LogP contribution is -2.36. The lowest BCUT2D eigenvalue weighted by atomic mass is 10.2. The van der Waals surface area contributed by atoms with E-state index in [1.807, 2.05) is 36.4 Å². The molecule has 1 N–H and O–H groups in total. The molecule has 0 radical (unpaired) electrons. The molecule has 148 valence electrons. The van der Waals surface area contributed by atoms with Gasteiger partial charge in [0.25, 0.3) is 5.91 Å². The van der Waals surface area contributed by atoms with Gasteiger partial charge < -0.3 is 19.9 Å². The van der Waals surface area contributed by atoms with Gasteiger partial charge in [0.1, 0.15) is 5.69 Å². The number of nitrogens with zero attached hydrogens (tertiary/aromatic N) is 3. The number of carbonyl (C=O) groups is 1. The van der Waals surface area contributed by atoms with Crippen molar-refractivity contribution in [2.75, 3.05) is 54.5 Å².